The van der Waals surface area contributed by atoms with E-state index in [1.165, 1.54) is 0 Å². The Morgan fingerprint density at radius 3 is 1.96 bits per heavy atom. The molecule has 0 aliphatic carbocycles. The number of nitrogens with one attached hydrogen (secondary N) is 1. The van der Waals surface area contributed by atoms with Crippen LogP contribution in [0.2, 0.25) is 0 Å². The number of carbonyl (C=O) groups is 4. The Kier molecular flexibility index (Phi) is 7.23. The van der Waals surface area contributed by atoms with Gasteiger partial charge in [0.05, 0.1) is 17.9 Å². The van der Waals surface area contributed by atoms with E-state index in [9.17, 15) is 19.2 Å². The van der Waals surface area contributed by atoms with Crippen molar-refractivity contribution in [2.24, 2.45) is 29.6 Å². The molecule has 0 aromatic carbocycles. The van der Waals surface area contributed by atoms with Gasteiger partial charge in [0, 0.05) is 11.8 Å². The predicted molar refractivity (Wildman–Crippen MR) is 102 cm³/mol. The molecule has 0 saturated carbocycles. The molecule has 2 saturated heterocycles. The number of rotatable bonds is 1. The van der Waals surface area contributed by atoms with Crippen LogP contribution in [0.3, 0.4) is 0 Å². The monoisotopic (exact) mass is 395 g/mol. The van der Waals surface area contributed by atoms with Crippen molar-refractivity contribution in [3.05, 3.63) is 0 Å². The van der Waals surface area contributed by atoms with Crippen LogP contribution in [0.4, 0.5) is 4.79 Å². The molecule has 0 aromatic heterocycles. The van der Waals surface area contributed by atoms with Crippen LogP contribution in [-0.4, -0.2) is 41.9 Å². The van der Waals surface area contributed by atoms with Gasteiger partial charge in [-0.25, -0.2) is 4.79 Å². The maximum absolute atomic E-state index is 13.0. The molecule has 158 valence electrons. The van der Waals surface area contributed by atoms with Crippen LogP contribution in [0.25, 0.3) is 0 Å². The fraction of sp³-hybridized carbons (Fsp3) is 0.810. The Morgan fingerprint density at radius 1 is 0.857 bits per heavy atom. The maximum Gasteiger partial charge on any atom is 0.509 e. The molecule has 2 aliphatic rings. The molecule has 7 heteroatoms. The topological polar surface area (TPSA) is 98.8 Å². The first-order valence-electron chi connectivity index (χ1n) is 10.3. The van der Waals surface area contributed by atoms with E-state index in [1.807, 2.05) is 27.7 Å². The summed E-state index contributed by atoms with van der Waals surface area (Å²) in [6.07, 6.45) is -0.587. The Balaban J connectivity index is 2.37. The second-order valence-electron chi connectivity index (χ2n) is 8.63. The second kappa shape index (κ2) is 9.05. The molecule has 8 atom stereocenters. The average Bonchev–Trinajstić information content (AvgIpc) is 3.03. The number of ether oxygens (including phenoxy) is 2. The van der Waals surface area contributed by atoms with Crippen molar-refractivity contribution in [1.82, 2.24) is 5.32 Å². The molecule has 1 amide bonds. The molecule has 0 bridgehead atoms. The summed E-state index contributed by atoms with van der Waals surface area (Å²) in [4.78, 5) is 50.2. The van der Waals surface area contributed by atoms with Crippen LogP contribution in [0.15, 0.2) is 0 Å². The number of amides is 1. The lowest BCUT2D eigenvalue weighted by atomic mass is 9.79. The van der Waals surface area contributed by atoms with Crippen LogP contribution in [0.1, 0.15) is 60.8 Å². The number of Topliss-reactive ketones (excluding diaryl/α,β-unsaturated/α-hetero) is 2. The summed E-state index contributed by atoms with van der Waals surface area (Å²) >= 11 is 0. The predicted octanol–water partition coefficient (Wildman–Crippen LogP) is 2.90. The fourth-order valence-electron chi connectivity index (χ4n) is 4.51. The van der Waals surface area contributed by atoms with Crippen LogP contribution in [0, 0.1) is 29.6 Å². The highest BCUT2D eigenvalue weighted by molar-refractivity contribution is 6.02. The van der Waals surface area contributed by atoms with Crippen LogP contribution < -0.4 is 5.32 Å². The molecule has 2 heterocycles. The van der Waals surface area contributed by atoms with E-state index < -0.39 is 36.2 Å². The molecule has 7 nitrogen and oxygen atoms in total. The largest absolute Gasteiger partial charge is 0.509 e. The van der Waals surface area contributed by atoms with Crippen molar-refractivity contribution < 1.29 is 28.7 Å². The van der Waals surface area contributed by atoms with Crippen molar-refractivity contribution in [3.8, 4) is 0 Å². The first-order chi connectivity index (χ1) is 13.1. The van der Waals surface area contributed by atoms with Gasteiger partial charge in [-0.3, -0.25) is 14.4 Å². The lowest BCUT2D eigenvalue weighted by Crippen LogP contribution is -2.52. The van der Waals surface area contributed by atoms with Gasteiger partial charge in [-0.15, -0.1) is 0 Å². The third kappa shape index (κ3) is 4.73. The van der Waals surface area contributed by atoms with Gasteiger partial charge in [0.2, 0.25) is 5.91 Å². The molecule has 0 aromatic rings. The average molecular weight is 395 g/mol. The van der Waals surface area contributed by atoms with E-state index in [4.69, 9.17) is 9.47 Å². The number of ketones is 2. The van der Waals surface area contributed by atoms with E-state index in [-0.39, 0.29) is 35.2 Å². The Morgan fingerprint density at radius 2 is 1.39 bits per heavy atom. The minimum atomic E-state index is -0.828. The van der Waals surface area contributed by atoms with E-state index in [0.717, 1.165) is 0 Å². The quantitative estimate of drug-likeness (QED) is 0.541. The third-order valence-electron chi connectivity index (χ3n) is 6.20. The number of hydrogen-bond donors (Lipinski definition) is 1. The zero-order valence-corrected chi connectivity index (χ0v) is 17.7. The molecule has 28 heavy (non-hydrogen) atoms. The van der Waals surface area contributed by atoms with E-state index >= 15 is 0 Å². The molecule has 2 fully saturated rings. The van der Waals surface area contributed by atoms with Crippen molar-refractivity contribution in [2.45, 2.75) is 79.1 Å². The molecule has 2 rings (SSSR count). The number of carbonyl (C=O) groups excluding carboxylic acids is 4. The number of fused-ring (bicyclic) bond motifs is 1. The maximum atomic E-state index is 13.0. The number of hydrogen-bond acceptors (Lipinski definition) is 6. The SMILES string of the molecule is CCC1NC(=O)[C@H](C)C(=O)[C@H](C)C[C@@H](C)C[C@@H](C)C(=O)[C@H](C)[C@H]2OC(=O)O[C@H]12. The van der Waals surface area contributed by atoms with Gasteiger partial charge in [-0.05, 0) is 32.1 Å². The van der Waals surface area contributed by atoms with Gasteiger partial charge in [0.15, 0.2) is 12.2 Å². The zero-order chi connectivity index (χ0) is 21.2. The Hall–Kier alpha value is -1.92. The molecule has 2 aliphatic heterocycles. The third-order valence-corrected chi connectivity index (χ3v) is 6.20. The molecule has 0 spiro atoms. The van der Waals surface area contributed by atoms with Crippen molar-refractivity contribution in [1.29, 1.82) is 0 Å². The second-order valence-corrected chi connectivity index (χ2v) is 8.63. The first kappa shape index (κ1) is 22.4. The Bertz CT molecular complexity index is 632. The molecule has 1 N–H and O–H groups in total. The first-order valence-corrected chi connectivity index (χ1v) is 10.3. The lowest BCUT2D eigenvalue weighted by Gasteiger charge is -2.31. The minimum Gasteiger partial charge on any atom is -0.426 e. The highest BCUT2D eigenvalue weighted by atomic mass is 16.8. The van der Waals surface area contributed by atoms with Crippen molar-refractivity contribution >= 4 is 23.6 Å². The van der Waals surface area contributed by atoms with Gasteiger partial charge in [0.25, 0.3) is 0 Å². The van der Waals surface area contributed by atoms with Gasteiger partial charge >= 0.3 is 6.16 Å². The van der Waals surface area contributed by atoms with Crippen LogP contribution in [0.5, 0.6) is 0 Å². The van der Waals surface area contributed by atoms with Crippen LogP contribution in [-0.2, 0) is 23.9 Å². The summed E-state index contributed by atoms with van der Waals surface area (Å²) in [5, 5.41) is 2.84. The van der Waals surface area contributed by atoms with Gasteiger partial charge < -0.3 is 14.8 Å². The smallest absolute Gasteiger partial charge is 0.426 e. The highest BCUT2D eigenvalue weighted by Gasteiger charge is 2.47. The van der Waals surface area contributed by atoms with Crippen LogP contribution >= 0.6 is 0 Å². The summed E-state index contributed by atoms with van der Waals surface area (Å²) in [6.45, 7) is 10.9. The standard InChI is InChI=1S/C21H33NO6/c1-7-15-19-18(27-21(26)28-19)13(5)16(23)11(3)8-10(2)9-12(4)17(24)14(6)20(25)22-15/h10-15,18-19H,7-9H2,1-6H3,(H,22,25)/t10-,11+,12+,13-,14+,15?,18+,19+/m0/s1. The fourth-order valence-corrected chi connectivity index (χ4v) is 4.51. The van der Waals surface area contributed by atoms with Crippen molar-refractivity contribution in [2.75, 3.05) is 0 Å². The molecular weight excluding hydrogens is 362 g/mol. The van der Waals surface area contributed by atoms with Gasteiger partial charge in [-0.2, -0.15) is 0 Å². The summed E-state index contributed by atoms with van der Waals surface area (Å²) in [5.74, 6) is -2.14. The van der Waals surface area contributed by atoms with Gasteiger partial charge in [-0.1, -0.05) is 34.6 Å². The highest BCUT2D eigenvalue weighted by Crippen LogP contribution is 2.31. The van der Waals surface area contributed by atoms with E-state index in [2.05, 4.69) is 5.32 Å². The lowest BCUT2D eigenvalue weighted by molar-refractivity contribution is -0.136. The van der Waals surface area contributed by atoms with E-state index in [0.29, 0.717) is 19.3 Å². The summed E-state index contributed by atoms with van der Waals surface area (Å²) in [7, 11) is 0. The molecule has 1 unspecified atom stereocenters. The summed E-state index contributed by atoms with van der Waals surface area (Å²) in [5.41, 5.74) is 0. The summed E-state index contributed by atoms with van der Waals surface area (Å²) < 4.78 is 10.6. The zero-order valence-electron chi connectivity index (χ0n) is 17.7. The van der Waals surface area contributed by atoms with E-state index in [1.54, 1.807) is 13.8 Å². The molecule has 0 radical (unpaired) electrons. The normalized spacial score (nSPS) is 40.8. The Labute approximate surface area is 166 Å². The van der Waals surface area contributed by atoms with Gasteiger partial charge in [0.1, 0.15) is 11.6 Å². The molecular formula is C21H33NO6. The minimum absolute atomic E-state index is 0.00531. The summed E-state index contributed by atoms with van der Waals surface area (Å²) in [6, 6.07) is -0.526. The van der Waals surface area contributed by atoms with Crippen molar-refractivity contribution in [3.63, 3.8) is 0 Å².